The number of nitrogens with zero attached hydrogens (tertiary/aromatic N) is 3. The van der Waals surface area contributed by atoms with E-state index in [2.05, 4.69) is 40.1 Å². The molecule has 1 aromatic rings. The number of anilines is 1. The topological polar surface area (TPSA) is 71.3 Å². The molecule has 0 radical (unpaired) electrons. The van der Waals surface area contributed by atoms with E-state index in [0.29, 0.717) is 22.4 Å². The average molecular weight is 315 g/mol. The molecule has 0 bridgehead atoms. The van der Waals surface area contributed by atoms with Crippen molar-refractivity contribution in [1.82, 2.24) is 10.3 Å². The van der Waals surface area contributed by atoms with E-state index >= 15 is 0 Å². The van der Waals surface area contributed by atoms with Gasteiger partial charge >= 0.3 is 5.69 Å². The summed E-state index contributed by atoms with van der Waals surface area (Å²) in [5.74, 6) is 0.448. The first-order chi connectivity index (χ1) is 8.47. The van der Waals surface area contributed by atoms with Gasteiger partial charge < -0.3 is 10.2 Å². The zero-order chi connectivity index (χ0) is 13.3. The molecule has 0 spiro atoms. The Balaban J connectivity index is 2.35. The normalized spacial score (nSPS) is 24.1. The molecule has 0 saturated carbocycles. The number of aromatic nitrogens is 1. The minimum Gasteiger partial charge on any atom is -0.348 e. The van der Waals surface area contributed by atoms with E-state index in [4.69, 9.17) is 0 Å². The molecule has 1 aromatic heterocycles. The molecule has 2 atom stereocenters. The Kier molecular flexibility index (Phi) is 3.82. The van der Waals surface area contributed by atoms with Gasteiger partial charge in [0.1, 0.15) is 0 Å². The fourth-order valence-corrected chi connectivity index (χ4v) is 2.62. The summed E-state index contributed by atoms with van der Waals surface area (Å²) in [7, 11) is 0. The predicted octanol–water partition coefficient (Wildman–Crippen LogP) is 1.94. The van der Waals surface area contributed by atoms with Crippen molar-refractivity contribution in [3.8, 4) is 0 Å². The molecule has 0 aliphatic carbocycles. The van der Waals surface area contributed by atoms with Crippen LogP contribution in [0.3, 0.4) is 0 Å². The minimum atomic E-state index is -0.384. The third kappa shape index (κ3) is 2.78. The molecule has 2 rings (SSSR count). The van der Waals surface area contributed by atoms with E-state index in [1.54, 1.807) is 6.20 Å². The zero-order valence-electron chi connectivity index (χ0n) is 10.3. The number of piperazine rings is 1. The summed E-state index contributed by atoms with van der Waals surface area (Å²) < 4.78 is 0.620. The molecule has 0 aromatic carbocycles. The average Bonchev–Trinajstić information content (AvgIpc) is 2.27. The van der Waals surface area contributed by atoms with E-state index in [-0.39, 0.29) is 10.6 Å². The molecule has 6 nitrogen and oxygen atoms in total. The summed E-state index contributed by atoms with van der Waals surface area (Å²) in [6.45, 7) is 5.57. The maximum absolute atomic E-state index is 11.1. The first-order valence-electron chi connectivity index (χ1n) is 5.78. The molecule has 1 aliphatic heterocycles. The van der Waals surface area contributed by atoms with Crippen LogP contribution in [0.5, 0.6) is 0 Å². The molecule has 2 heterocycles. The van der Waals surface area contributed by atoms with E-state index < -0.39 is 0 Å². The lowest BCUT2D eigenvalue weighted by atomic mass is 10.1. The highest BCUT2D eigenvalue weighted by Gasteiger charge is 2.27. The molecule has 2 unspecified atom stereocenters. The summed E-state index contributed by atoms with van der Waals surface area (Å²) in [5, 5.41) is 14.5. The van der Waals surface area contributed by atoms with Crippen LogP contribution >= 0.6 is 15.9 Å². The number of nitro groups is 1. The van der Waals surface area contributed by atoms with Crippen LogP contribution in [0, 0.1) is 10.1 Å². The molecule has 18 heavy (non-hydrogen) atoms. The van der Waals surface area contributed by atoms with Crippen molar-refractivity contribution in [2.75, 3.05) is 18.0 Å². The van der Waals surface area contributed by atoms with Crippen molar-refractivity contribution in [1.29, 1.82) is 0 Å². The van der Waals surface area contributed by atoms with Crippen molar-refractivity contribution in [3.63, 3.8) is 0 Å². The van der Waals surface area contributed by atoms with E-state index in [1.807, 2.05) is 4.90 Å². The quantitative estimate of drug-likeness (QED) is 0.667. The number of nitrogens with one attached hydrogen (secondary N) is 1. The van der Waals surface area contributed by atoms with E-state index in [0.717, 1.165) is 13.1 Å². The molecule has 1 saturated heterocycles. The highest BCUT2D eigenvalue weighted by Crippen LogP contribution is 2.29. The van der Waals surface area contributed by atoms with Crippen LogP contribution in [0.25, 0.3) is 0 Å². The Morgan fingerprint density at radius 3 is 2.67 bits per heavy atom. The molecular formula is C11H15BrN4O2. The molecule has 1 N–H and O–H groups in total. The van der Waals surface area contributed by atoms with E-state index in [9.17, 15) is 10.1 Å². The van der Waals surface area contributed by atoms with Gasteiger partial charge in [0, 0.05) is 41.9 Å². The summed E-state index contributed by atoms with van der Waals surface area (Å²) >= 11 is 3.21. The Bertz CT molecular complexity index is 458. The van der Waals surface area contributed by atoms with Crippen LogP contribution in [0.2, 0.25) is 0 Å². The zero-order valence-corrected chi connectivity index (χ0v) is 11.8. The molecule has 1 fully saturated rings. The Labute approximate surface area is 114 Å². The van der Waals surface area contributed by atoms with Gasteiger partial charge in [-0.3, -0.25) is 10.1 Å². The third-order valence-electron chi connectivity index (χ3n) is 2.87. The lowest BCUT2D eigenvalue weighted by Gasteiger charge is -2.36. The highest BCUT2D eigenvalue weighted by molar-refractivity contribution is 9.10. The fourth-order valence-electron chi connectivity index (χ4n) is 2.30. The summed E-state index contributed by atoms with van der Waals surface area (Å²) in [5.41, 5.74) is 0.0469. The Hall–Kier alpha value is -1.21. The van der Waals surface area contributed by atoms with Crippen LogP contribution < -0.4 is 10.2 Å². The van der Waals surface area contributed by atoms with Gasteiger partial charge in [0.05, 0.1) is 4.92 Å². The van der Waals surface area contributed by atoms with Crippen molar-refractivity contribution < 1.29 is 4.92 Å². The van der Waals surface area contributed by atoms with E-state index in [1.165, 1.54) is 6.07 Å². The number of pyridine rings is 1. The largest absolute Gasteiger partial charge is 0.348 e. The maximum atomic E-state index is 11.1. The van der Waals surface area contributed by atoms with Crippen molar-refractivity contribution in [2.45, 2.75) is 25.9 Å². The molecule has 0 amide bonds. The van der Waals surface area contributed by atoms with Crippen LogP contribution in [0.4, 0.5) is 11.5 Å². The Morgan fingerprint density at radius 1 is 1.50 bits per heavy atom. The van der Waals surface area contributed by atoms with Crippen LogP contribution in [-0.4, -0.2) is 35.1 Å². The van der Waals surface area contributed by atoms with Gasteiger partial charge in [0.25, 0.3) is 0 Å². The first-order valence-corrected chi connectivity index (χ1v) is 6.57. The smallest absolute Gasteiger partial charge is 0.312 e. The number of hydrogen-bond acceptors (Lipinski definition) is 5. The van der Waals surface area contributed by atoms with Crippen molar-refractivity contribution in [2.24, 2.45) is 0 Å². The molecule has 1 aliphatic rings. The highest BCUT2D eigenvalue weighted by atomic mass is 79.9. The molecular weight excluding hydrogens is 300 g/mol. The van der Waals surface area contributed by atoms with Crippen LogP contribution in [0.15, 0.2) is 16.7 Å². The second-order valence-electron chi connectivity index (χ2n) is 4.63. The van der Waals surface area contributed by atoms with Gasteiger partial charge in [-0.05, 0) is 29.8 Å². The standard InChI is InChI=1S/C11H15BrN4O2/c1-7-5-15(6-8(2)14-7)11-10(16(17)18)3-9(12)4-13-11/h3-4,7-8,14H,5-6H2,1-2H3. The van der Waals surface area contributed by atoms with Gasteiger partial charge in [-0.25, -0.2) is 4.98 Å². The van der Waals surface area contributed by atoms with Crippen LogP contribution in [0.1, 0.15) is 13.8 Å². The van der Waals surface area contributed by atoms with Gasteiger partial charge in [-0.15, -0.1) is 0 Å². The molecule has 7 heteroatoms. The summed E-state index contributed by atoms with van der Waals surface area (Å²) in [6, 6.07) is 2.08. The second-order valence-corrected chi connectivity index (χ2v) is 5.54. The molecule has 98 valence electrons. The van der Waals surface area contributed by atoms with Crippen LogP contribution in [-0.2, 0) is 0 Å². The van der Waals surface area contributed by atoms with Crippen molar-refractivity contribution >= 4 is 27.4 Å². The third-order valence-corrected chi connectivity index (χ3v) is 3.30. The predicted molar refractivity (Wildman–Crippen MR) is 72.9 cm³/mol. The van der Waals surface area contributed by atoms with Gasteiger partial charge in [-0.2, -0.15) is 0 Å². The monoisotopic (exact) mass is 314 g/mol. The van der Waals surface area contributed by atoms with Gasteiger partial charge in [-0.1, -0.05) is 0 Å². The SMILES string of the molecule is CC1CN(c2ncc(Br)cc2[N+](=O)[O-])CC(C)N1. The Morgan fingerprint density at radius 2 is 2.11 bits per heavy atom. The maximum Gasteiger partial charge on any atom is 0.312 e. The number of halogens is 1. The summed E-state index contributed by atoms with van der Waals surface area (Å²) in [4.78, 5) is 16.9. The minimum absolute atomic E-state index is 0.0469. The van der Waals surface area contributed by atoms with Gasteiger partial charge in [0.15, 0.2) is 0 Å². The fraction of sp³-hybridized carbons (Fsp3) is 0.545. The second kappa shape index (κ2) is 5.19. The van der Waals surface area contributed by atoms with Gasteiger partial charge in [0.2, 0.25) is 5.82 Å². The lowest BCUT2D eigenvalue weighted by molar-refractivity contribution is -0.384. The number of rotatable bonds is 2. The first kappa shape index (κ1) is 13.2. The number of hydrogen-bond donors (Lipinski definition) is 1. The lowest BCUT2D eigenvalue weighted by Crippen LogP contribution is -2.54. The van der Waals surface area contributed by atoms with Crippen molar-refractivity contribution in [3.05, 3.63) is 26.9 Å². The summed E-state index contributed by atoms with van der Waals surface area (Å²) in [6.07, 6.45) is 1.60.